The average Bonchev–Trinajstić information content (AvgIpc) is 0.722. The molecular weight excluding hydrogens is 263 g/mol. The molecule has 0 heterocycles. The molecule has 0 amide bonds. The van der Waals surface area contributed by atoms with Gasteiger partial charge in [0.1, 0.15) is 0 Å². The molecule has 0 aromatic carbocycles. The molecular formula is C4H23Cl3O3SSi. The molecule has 1 N–H and O–H groups in total. The Hall–Kier alpha value is 0.997. The van der Waals surface area contributed by atoms with Crippen molar-refractivity contribution in [3.8, 4) is 0 Å². The molecule has 0 rings (SSSR count). The maximum atomic E-state index is 9.19. The monoisotopic (exact) mass is 284 g/mol. The van der Waals surface area contributed by atoms with Gasteiger partial charge in [-0.2, -0.15) is 8.42 Å². The third-order valence-electron chi connectivity index (χ3n) is 0. The molecule has 88 valence electrons. The highest BCUT2D eigenvalue weighted by molar-refractivity contribution is 7.85. The van der Waals surface area contributed by atoms with E-state index in [9.17, 15) is 8.42 Å². The summed E-state index contributed by atoms with van der Waals surface area (Å²) in [5.74, 6) is 0. The molecule has 0 aliphatic carbocycles. The van der Waals surface area contributed by atoms with Gasteiger partial charge in [-0.25, -0.2) is 0 Å². The third-order valence-corrected chi connectivity index (χ3v) is 0. The molecule has 0 aromatic rings. The Morgan fingerprint density at radius 3 is 0.917 bits per heavy atom. The van der Waals surface area contributed by atoms with E-state index in [4.69, 9.17) is 4.55 Å². The van der Waals surface area contributed by atoms with Gasteiger partial charge in [-0.15, -0.1) is 37.2 Å². The summed E-state index contributed by atoms with van der Waals surface area (Å²) in [6.45, 7) is 0. The molecule has 0 saturated carbocycles. The average molecular weight is 286 g/mol. The second-order valence-electron chi connectivity index (χ2n) is 0.733. The fraction of sp³-hybridized carbons (Fsp3) is 1.00. The van der Waals surface area contributed by atoms with E-state index in [1.807, 2.05) is 0 Å². The predicted molar refractivity (Wildman–Crippen MR) is 70.7 cm³/mol. The third kappa shape index (κ3) is 1110. The van der Waals surface area contributed by atoms with Crippen LogP contribution in [-0.4, -0.2) is 30.2 Å². The van der Waals surface area contributed by atoms with Crippen LogP contribution in [0.5, 0.6) is 0 Å². The molecule has 0 aromatic heterocycles. The van der Waals surface area contributed by atoms with E-state index in [0.29, 0.717) is 6.26 Å². The summed E-state index contributed by atoms with van der Waals surface area (Å²) in [5, 5.41) is 0. The first-order valence-electron chi connectivity index (χ1n) is 0.924. The Bertz CT molecular complexity index is 109. The summed E-state index contributed by atoms with van der Waals surface area (Å²) >= 11 is 0. The fourth-order valence-corrected chi connectivity index (χ4v) is 0. The summed E-state index contributed by atoms with van der Waals surface area (Å²) in [7, 11) is -3.67. The molecule has 0 fully saturated rings. The van der Waals surface area contributed by atoms with E-state index >= 15 is 0 Å². The Balaban J connectivity index is -0.00000000381. The van der Waals surface area contributed by atoms with E-state index in [1.54, 1.807) is 0 Å². The summed E-state index contributed by atoms with van der Waals surface area (Å²) in [6.07, 6.45) is 0.715. The van der Waals surface area contributed by atoms with E-state index in [0.717, 1.165) is 0 Å². The molecule has 12 heavy (non-hydrogen) atoms. The first-order chi connectivity index (χ1) is 2.00. The Morgan fingerprint density at radius 1 is 0.917 bits per heavy atom. The minimum absolute atomic E-state index is 0. The van der Waals surface area contributed by atoms with Crippen LogP contribution in [-0.2, 0) is 10.1 Å². The van der Waals surface area contributed by atoms with Gasteiger partial charge in [0.25, 0.3) is 10.1 Å². The fourth-order valence-electron chi connectivity index (χ4n) is 0. The van der Waals surface area contributed by atoms with Crippen LogP contribution in [0.1, 0.15) is 22.3 Å². The van der Waals surface area contributed by atoms with Crippen LogP contribution in [0.2, 0.25) is 0 Å². The minimum atomic E-state index is -3.67. The molecule has 0 aliphatic heterocycles. The molecule has 3 nitrogen and oxygen atoms in total. The number of hydrogen-bond acceptors (Lipinski definition) is 2. The lowest BCUT2D eigenvalue weighted by molar-refractivity contribution is 0.490. The van der Waals surface area contributed by atoms with E-state index in [1.165, 1.54) is 0 Å². The zero-order valence-corrected chi connectivity index (χ0v) is 7.16. The lowest BCUT2D eigenvalue weighted by Crippen LogP contribution is -1.88. The summed E-state index contributed by atoms with van der Waals surface area (Å²) < 4.78 is 25.9. The highest BCUT2D eigenvalue weighted by Gasteiger charge is 1.81. The van der Waals surface area contributed by atoms with Crippen molar-refractivity contribution >= 4 is 58.3 Å². The van der Waals surface area contributed by atoms with E-state index in [2.05, 4.69) is 0 Å². The minimum Gasteiger partial charge on any atom is -0.286 e. The highest BCUT2D eigenvalue weighted by atomic mass is 35.5. The van der Waals surface area contributed by atoms with Crippen molar-refractivity contribution in [2.24, 2.45) is 0 Å². The van der Waals surface area contributed by atoms with Gasteiger partial charge in [-0.3, -0.25) is 4.55 Å². The Labute approximate surface area is 99.7 Å². The van der Waals surface area contributed by atoms with Crippen molar-refractivity contribution in [2.75, 3.05) is 6.26 Å². The summed E-state index contributed by atoms with van der Waals surface area (Å²) in [4.78, 5) is 0. The van der Waals surface area contributed by atoms with Crippen LogP contribution in [0.3, 0.4) is 0 Å². The van der Waals surface area contributed by atoms with Crippen LogP contribution in [0.15, 0.2) is 0 Å². The number of halogens is 3. The van der Waals surface area contributed by atoms with E-state index < -0.39 is 10.1 Å². The molecule has 8 heteroatoms. The second-order valence-corrected chi connectivity index (χ2v) is 2.20. The van der Waals surface area contributed by atoms with Crippen molar-refractivity contribution in [1.82, 2.24) is 0 Å². The SMILES string of the molecule is C.C.C.CS(=O)(=O)O.Cl.Cl.Cl.[SiH4]. The first kappa shape index (κ1) is 74.9. The second kappa shape index (κ2) is 29.6. The van der Waals surface area contributed by atoms with Crippen LogP contribution in [0.25, 0.3) is 0 Å². The lowest BCUT2D eigenvalue weighted by Gasteiger charge is -1.69. The van der Waals surface area contributed by atoms with Crippen LogP contribution < -0.4 is 0 Å². The quantitative estimate of drug-likeness (QED) is 0.538. The molecule has 0 aliphatic rings. The highest BCUT2D eigenvalue weighted by Crippen LogP contribution is 1.60. The molecule has 0 radical (unpaired) electrons. The molecule has 0 atom stereocenters. The van der Waals surface area contributed by atoms with Crippen molar-refractivity contribution < 1.29 is 13.0 Å². The van der Waals surface area contributed by atoms with Crippen molar-refractivity contribution in [1.29, 1.82) is 0 Å². The van der Waals surface area contributed by atoms with Gasteiger partial charge < -0.3 is 0 Å². The van der Waals surface area contributed by atoms with Crippen molar-refractivity contribution in [3.05, 3.63) is 0 Å². The van der Waals surface area contributed by atoms with Gasteiger partial charge >= 0.3 is 0 Å². The van der Waals surface area contributed by atoms with Gasteiger partial charge in [0, 0.05) is 0 Å². The Kier molecular flexibility index (Phi) is 185. The lowest BCUT2D eigenvalue weighted by atomic mass is 12.0. The van der Waals surface area contributed by atoms with Crippen molar-refractivity contribution in [3.63, 3.8) is 0 Å². The van der Waals surface area contributed by atoms with Crippen LogP contribution in [0, 0.1) is 0 Å². The zero-order valence-electron chi connectivity index (χ0n) is 3.90. The van der Waals surface area contributed by atoms with Crippen LogP contribution in [0.4, 0.5) is 0 Å². The van der Waals surface area contributed by atoms with Gasteiger partial charge in [0.15, 0.2) is 0 Å². The van der Waals surface area contributed by atoms with E-state index in [-0.39, 0.29) is 70.5 Å². The first-order valence-corrected chi connectivity index (χ1v) is 2.77. The number of hydrogen-bond donors (Lipinski definition) is 1. The summed E-state index contributed by atoms with van der Waals surface area (Å²) in [6, 6.07) is 0. The maximum Gasteiger partial charge on any atom is 0.261 e. The Morgan fingerprint density at radius 2 is 0.917 bits per heavy atom. The molecule has 0 saturated heterocycles. The van der Waals surface area contributed by atoms with Crippen LogP contribution >= 0.6 is 37.2 Å². The predicted octanol–water partition coefficient (Wildman–Crippen LogP) is 1.23. The van der Waals surface area contributed by atoms with Gasteiger partial charge in [0.2, 0.25) is 0 Å². The topological polar surface area (TPSA) is 54.4 Å². The van der Waals surface area contributed by atoms with Gasteiger partial charge in [-0.1, -0.05) is 22.3 Å². The van der Waals surface area contributed by atoms with Crippen molar-refractivity contribution in [2.45, 2.75) is 22.3 Å². The van der Waals surface area contributed by atoms with Gasteiger partial charge in [0.05, 0.1) is 6.26 Å². The molecule has 0 bridgehead atoms. The van der Waals surface area contributed by atoms with Gasteiger partial charge in [-0.05, 0) is 11.0 Å². The largest absolute Gasteiger partial charge is 0.286 e. The number of rotatable bonds is 0. The molecule has 0 unspecified atom stereocenters. The molecule has 0 spiro atoms. The zero-order chi connectivity index (χ0) is 4.50. The smallest absolute Gasteiger partial charge is 0.261 e. The summed E-state index contributed by atoms with van der Waals surface area (Å²) in [5.41, 5.74) is 0. The maximum absolute atomic E-state index is 9.19. The standard InChI is InChI=1S/CH4O3S.3CH4.3ClH.H4Si/c1-5(2,3)4;;;;;;;/h1H3,(H,2,3,4);3*1H4;3*1H;1H4. The normalized spacial score (nSPS) is 4.83.